The van der Waals surface area contributed by atoms with Gasteiger partial charge in [0.15, 0.2) is 0 Å². The van der Waals surface area contributed by atoms with E-state index in [0.717, 1.165) is 5.56 Å². The van der Waals surface area contributed by atoms with Gasteiger partial charge in [0, 0.05) is 11.8 Å². The molecule has 1 aromatic rings. The van der Waals surface area contributed by atoms with Gasteiger partial charge in [0.25, 0.3) is 0 Å². The average molecular weight is 148 g/mol. The highest BCUT2D eigenvalue weighted by Crippen LogP contribution is 2.28. The number of rotatable bonds is 0. The minimum Gasteiger partial charge on any atom is -0.310 e. The molecule has 0 saturated carbocycles. The number of nitrogens with zero attached hydrogens (tertiary/aromatic N) is 1. The lowest BCUT2D eigenvalue weighted by Crippen LogP contribution is -2.08. The fraction of sp³-hybridized carbons (Fsp3) is 0.250. The van der Waals surface area contributed by atoms with Crippen LogP contribution in [0.5, 0.6) is 0 Å². The molecule has 0 aromatic carbocycles. The molecule has 0 aliphatic carbocycles. The highest BCUT2D eigenvalue weighted by Gasteiger charge is 2.26. The van der Waals surface area contributed by atoms with E-state index >= 15 is 0 Å². The smallest absolute Gasteiger partial charge is 0.232 e. The van der Waals surface area contributed by atoms with Gasteiger partial charge in [-0.15, -0.1) is 0 Å². The summed E-state index contributed by atoms with van der Waals surface area (Å²) in [6, 6.07) is 3.76. The maximum atomic E-state index is 11.1. The minimum atomic E-state index is -0.0429. The highest BCUT2D eigenvalue weighted by atomic mass is 16.2. The summed E-state index contributed by atoms with van der Waals surface area (Å²) in [7, 11) is 0. The van der Waals surface area contributed by atoms with E-state index in [1.54, 1.807) is 6.20 Å². The summed E-state index contributed by atoms with van der Waals surface area (Å²) in [6.45, 7) is 1.88. The van der Waals surface area contributed by atoms with Crippen LogP contribution in [0.4, 0.5) is 5.82 Å². The van der Waals surface area contributed by atoms with Crippen LogP contribution in [0.15, 0.2) is 18.3 Å². The molecule has 1 aromatic heterocycles. The third-order valence-electron chi connectivity index (χ3n) is 1.94. The Morgan fingerprint density at radius 1 is 1.64 bits per heavy atom. The zero-order chi connectivity index (χ0) is 7.84. The summed E-state index contributed by atoms with van der Waals surface area (Å²) in [5.41, 5.74) is 0.998. The summed E-state index contributed by atoms with van der Waals surface area (Å²) in [5, 5.41) is 2.70. The molecular formula is C8H8N2O. The van der Waals surface area contributed by atoms with Gasteiger partial charge in [-0.2, -0.15) is 0 Å². The molecule has 3 heteroatoms. The molecule has 1 atom stereocenters. The zero-order valence-corrected chi connectivity index (χ0v) is 6.16. The number of hydrogen-bond donors (Lipinski definition) is 1. The van der Waals surface area contributed by atoms with Crippen LogP contribution in [-0.4, -0.2) is 10.9 Å². The Balaban J connectivity index is 2.55. The van der Waals surface area contributed by atoms with Crippen molar-refractivity contribution in [2.24, 2.45) is 0 Å². The predicted octanol–water partition coefficient (Wildman–Crippen LogP) is 1.14. The number of hydrogen-bond acceptors (Lipinski definition) is 2. The lowest BCUT2D eigenvalue weighted by atomic mass is 10.1. The Labute approximate surface area is 64.5 Å². The van der Waals surface area contributed by atoms with Gasteiger partial charge in [-0.1, -0.05) is 6.07 Å². The van der Waals surface area contributed by atoms with Crippen LogP contribution in [0.1, 0.15) is 18.4 Å². The molecule has 11 heavy (non-hydrogen) atoms. The van der Waals surface area contributed by atoms with Crippen LogP contribution in [0, 0.1) is 0 Å². The van der Waals surface area contributed by atoms with Crippen LogP contribution in [0.25, 0.3) is 0 Å². The topological polar surface area (TPSA) is 42.0 Å². The molecule has 2 heterocycles. The van der Waals surface area contributed by atoms with Crippen molar-refractivity contribution >= 4 is 11.7 Å². The molecule has 1 unspecified atom stereocenters. The molecule has 0 saturated heterocycles. The lowest BCUT2D eigenvalue weighted by molar-refractivity contribution is -0.116. The van der Waals surface area contributed by atoms with E-state index in [0.29, 0.717) is 5.82 Å². The van der Waals surface area contributed by atoms with E-state index in [4.69, 9.17) is 0 Å². The summed E-state index contributed by atoms with van der Waals surface area (Å²) < 4.78 is 0. The standard InChI is InChI=1S/C8H8N2O/c1-5-6-3-2-4-9-7(6)10-8(5)11/h2-5H,1H3,(H,9,10,11). The molecule has 0 bridgehead atoms. The molecular weight excluding hydrogens is 140 g/mol. The lowest BCUT2D eigenvalue weighted by Gasteiger charge is -1.96. The molecule has 2 rings (SSSR count). The molecule has 1 N–H and O–H groups in total. The first-order valence-electron chi connectivity index (χ1n) is 3.55. The second kappa shape index (κ2) is 2.05. The minimum absolute atomic E-state index is 0.0405. The van der Waals surface area contributed by atoms with Crippen LogP contribution in [0.3, 0.4) is 0 Å². The number of anilines is 1. The first-order valence-corrected chi connectivity index (χ1v) is 3.55. The first kappa shape index (κ1) is 6.34. The Bertz CT molecular complexity index is 309. The van der Waals surface area contributed by atoms with Gasteiger partial charge < -0.3 is 5.32 Å². The van der Waals surface area contributed by atoms with Gasteiger partial charge in [-0.25, -0.2) is 4.98 Å². The molecule has 0 radical (unpaired) electrons. The Morgan fingerprint density at radius 2 is 2.45 bits per heavy atom. The van der Waals surface area contributed by atoms with Crippen molar-refractivity contribution < 1.29 is 4.79 Å². The number of aromatic nitrogens is 1. The van der Waals surface area contributed by atoms with Gasteiger partial charge in [-0.3, -0.25) is 4.79 Å². The van der Waals surface area contributed by atoms with E-state index in [2.05, 4.69) is 10.3 Å². The maximum absolute atomic E-state index is 11.1. The first-order chi connectivity index (χ1) is 5.29. The van der Waals surface area contributed by atoms with Gasteiger partial charge >= 0.3 is 0 Å². The third-order valence-corrected chi connectivity index (χ3v) is 1.94. The van der Waals surface area contributed by atoms with Gasteiger partial charge in [-0.05, 0) is 13.0 Å². The monoisotopic (exact) mass is 148 g/mol. The molecule has 3 nitrogen and oxygen atoms in total. The van der Waals surface area contributed by atoms with Crippen molar-refractivity contribution in [2.45, 2.75) is 12.8 Å². The Morgan fingerprint density at radius 3 is 3.18 bits per heavy atom. The van der Waals surface area contributed by atoms with Crippen molar-refractivity contribution in [3.63, 3.8) is 0 Å². The van der Waals surface area contributed by atoms with Crippen LogP contribution < -0.4 is 5.32 Å². The number of fused-ring (bicyclic) bond motifs is 1. The normalized spacial score (nSPS) is 21.2. The van der Waals surface area contributed by atoms with Crippen LogP contribution >= 0.6 is 0 Å². The van der Waals surface area contributed by atoms with E-state index in [1.165, 1.54) is 0 Å². The predicted molar refractivity (Wildman–Crippen MR) is 41.3 cm³/mol. The van der Waals surface area contributed by atoms with Crippen molar-refractivity contribution in [3.8, 4) is 0 Å². The average Bonchev–Trinajstić information content (AvgIpc) is 2.30. The van der Waals surface area contributed by atoms with E-state index in [1.807, 2.05) is 19.1 Å². The van der Waals surface area contributed by atoms with E-state index in [-0.39, 0.29) is 11.8 Å². The fourth-order valence-electron chi connectivity index (χ4n) is 1.24. The number of pyridine rings is 1. The van der Waals surface area contributed by atoms with Crippen LogP contribution in [0.2, 0.25) is 0 Å². The second-order valence-electron chi connectivity index (χ2n) is 2.65. The molecule has 1 aliphatic rings. The molecule has 1 amide bonds. The Hall–Kier alpha value is -1.38. The zero-order valence-electron chi connectivity index (χ0n) is 6.16. The van der Waals surface area contributed by atoms with E-state index in [9.17, 15) is 4.79 Å². The highest BCUT2D eigenvalue weighted by molar-refractivity contribution is 6.01. The summed E-state index contributed by atoms with van der Waals surface area (Å²) in [6.07, 6.45) is 1.68. The number of amides is 1. The summed E-state index contributed by atoms with van der Waals surface area (Å²) in [4.78, 5) is 15.1. The second-order valence-corrected chi connectivity index (χ2v) is 2.65. The van der Waals surface area contributed by atoms with E-state index < -0.39 is 0 Å². The number of carbonyl (C=O) groups excluding carboxylic acids is 1. The largest absolute Gasteiger partial charge is 0.310 e. The Kier molecular flexibility index (Phi) is 1.18. The van der Waals surface area contributed by atoms with Crippen molar-refractivity contribution in [2.75, 3.05) is 5.32 Å². The summed E-state index contributed by atoms with van der Waals surface area (Å²) >= 11 is 0. The van der Waals surface area contributed by atoms with Crippen molar-refractivity contribution in [3.05, 3.63) is 23.9 Å². The van der Waals surface area contributed by atoms with Gasteiger partial charge in [0.05, 0.1) is 5.92 Å². The fourth-order valence-corrected chi connectivity index (χ4v) is 1.24. The van der Waals surface area contributed by atoms with Crippen LogP contribution in [-0.2, 0) is 4.79 Å². The SMILES string of the molecule is CC1C(=O)Nc2ncccc21. The quantitative estimate of drug-likeness (QED) is 0.599. The van der Waals surface area contributed by atoms with Crippen molar-refractivity contribution in [1.82, 2.24) is 4.98 Å². The number of nitrogens with one attached hydrogen (secondary N) is 1. The van der Waals surface area contributed by atoms with Crippen molar-refractivity contribution in [1.29, 1.82) is 0 Å². The maximum Gasteiger partial charge on any atom is 0.232 e. The number of carbonyl (C=O) groups is 1. The summed E-state index contributed by atoms with van der Waals surface area (Å²) in [5.74, 6) is 0.711. The molecule has 1 aliphatic heterocycles. The molecule has 56 valence electrons. The molecule has 0 fully saturated rings. The third kappa shape index (κ3) is 0.808. The molecule has 0 spiro atoms. The van der Waals surface area contributed by atoms with Gasteiger partial charge in [0.1, 0.15) is 5.82 Å². The van der Waals surface area contributed by atoms with Gasteiger partial charge in [0.2, 0.25) is 5.91 Å².